The smallest absolute Gasteiger partial charge is 0.264 e. The van der Waals surface area contributed by atoms with Crippen LogP contribution in [0.2, 0.25) is 5.02 Å². The van der Waals surface area contributed by atoms with Crippen LogP contribution in [0.25, 0.3) is 5.78 Å². The van der Waals surface area contributed by atoms with E-state index in [1.54, 1.807) is 18.2 Å². The SMILES string of the molecule is Cc1cc(C)n2nc(C(=O)N/N=C/c3cccc(Cl)c3)nc2n1. The van der Waals surface area contributed by atoms with Gasteiger partial charge in [-0.3, -0.25) is 4.79 Å². The molecule has 0 bridgehead atoms. The quantitative estimate of drug-likeness (QED) is 0.590. The van der Waals surface area contributed by atoms with Gasteiger partial charge >= 0.3 is 5.91 Å². The van der Waals surface area contributed by atoms with Crippen LogP contribution in [0, 0.1) is 13.8 Å². The molecular weight excluding hydrogens is 316 g/mol. The van der Waals surface area contributed by atoms with Crippen molar-refractivity contribution < 1.29 is 4.79 Å². The summed E-state index contributed by atoms with van der Waals surface area (Å²) in [7, 11) is 0. The highest BCUT2D eigenvalue weighted by atomic mass is 35.5. The fraction of sp³-hybridized carbons (Fsp3) is 0.133. The highest BCUT2D eigenvalue weighted by Gasteiger charge is 2.14. The molecule has 2 heterocycles. The molecule has 8 heteroatoms. The van der Waals surface area contributed by atoms with Crippen LogP contribution in [0.3, 0.4) is 0 Å². The first-order chi connectivity index (χ1) is 11.0. The van der Waals surface area contributed by atoms with Gasteiger partial charge in [-0.25, -0.2) is 14.9 Å². The Bertz CT molecular complexity index is 917. The van der Waals surface area contributed by atoms with Crippen LogP contribution in [0.1, 0.15) is 27.6 Å². The van der Waals surface area contributed by atoms with Crippen molar-refractivity contribution >= 4 is 29.5 Å². The molecule has 0 radical (unpaired) electrons. The number of aromatic nitrogens is 4. The van der Waals surface area contributed by atoms with E-state index >= 15 is 0 Å². The number of hydrazone groups is 1. The van der Waals surface area contributed by atoms with Crippen LogP contribution in [-0.2, 0) is 0 Å². The number of halogens is 1. The van der Waals surface area contributed by atoms with Crippen LogP contribution in [0.4, 0.5) is 0 Å². The number of rotatable bonds is 3. The third-order valence-corrected chi connectivity index (χ3v) is 3.28. The second kappa shape index (κ2) is 6.13. The third kappa shape index (κ3) is 3.35. The van der Waals surface area contributed by atoms with Crippen molar-refractivity contribution in [2.45, 2.75) is 13.8 Å². The molecule has 0 aliphatic rings. The highest BCUT2D eigenvalue weighted by molar-refractivity contribution is 6.30. The fourth-order valence-electron chi connectivity index (χ4n) is 2.06. The Labute approximate surface area is 137 Å². The first-order valence-electron chi connectivity index (χ1n) is 6.83. The van der Waals surface area contributed by atoms with E-state index in [9.17, 15) is 4.79 Å². The molecule has 0 unspecified atom stereocenters. The van der Waals surface area contributed by atoms with Crippen molar-refractivity contribution in [1.82, 2.24) is 25.0 Å². The lowest BCUT2D eigenvalue weighted by molar-refractivity contribution is 0.0945. The van der Waals surface area contributed by atoms with Gasteiger partial charge in [0.15, 0.2) is 0 Å². The van der Waals surface area contributed by atoms with Gasteiger partial charge in [0, 0.05) is 16.4 Å². The third-order valence-electron chi connectivity index (χ3n) is 3.05. The summed E-state index contributed by atoms with van der Waals surface area (Å²) in [4.78, 5) is 20.4. The Balaban J connectivity index is 1.77. The van der Waals surface area contributed by atoms with E-state index in [1.165, 1.54) is 10.7 Å². The fourth-order valence-corrected chi connectivity index (χ4v) is 2.26. The summed E-state index contributed by atoms with van der Waals surface area (Å²) in [6.45, 7) is 3.73. The number of fused-ring (bicyclic) bond motifs is 1. The van der Waals surface area contributed by atoms with E-state index in [2.05, 4.69) is 25.6 Å². The summed E-state index contributed by atoms with van der Waals surface area (Å²) in [6, 6.07) is 8.97. The molecule has 0 saturated carbocycles. The molecule has 2 aromatic heterocycles. The molecule has 3 aromatic rings. The van der Waals surface area contributed by atoms with Gasteiger partial charge in [0.2, 0.25) is 5.82 Å². The summed E-state index contributed by atoms with van der Waals surface area (Å²) in [5.41, 5.74) is 4.82. The van der Waals surface area contributed by atoms with Gasteiger partial charge in [0.1, 0.15) is 0 Å². The van der Waals surface area contributed by atoms with Crippen LogP contribution < -0.4 is 5.43 Å². The molecule has 3 rings (SSSR count). The van der Waals surface area contributed by atoms with Crippen molar-refractivity contribution in [2.24, 2.45) is 5.10 Å². The zero-order valence-corrected chi connectivity index (χ0v) is 13.2. The number of hydrogen-bond donors (Lipinski definition) is 1. The maximum absolute atomic E-state index is 12.1. The van der Waals surface area contributed by atoms with E-state index in [0.29, 0.717) is 10.8 Å². The Kier molecular flexibility index (Phi) is 4.03. The number of nitrogens with zero attached hydrogens (tertiary/aromatic N) is 5. The van der Waals surface area contributed by atoms with Crippen molar-refractivity contribution in [3.05, 3.63) is 58.1 Å². The van der Waals surface area contributed by atoms with Crippen LogP contribution in [0.15, 0.2) is 35.4 Å². The molecule has 0 aliphatic carbocycles. The summed E-state index contributed by atoms with van der Waals surface area (Å²) >= 11 is 5.88. The molecule has 0 atom stereocenters. The minimum absolute atomic E-state index is 0.00874. The van der Waals surface area contributed by atoms with Gasteiger partial charge in [-0.2, -0.15) is 10.1 Å². The van der Waals surface area contributed by atoms with Gasteiger partial charge in [-0.15, -0.1) is 5.10 Å². The van der Waals surface area contributed by atoms with Gasteiger partial charge in [-0.05, 0) is 37.6 Å². The number of aryl methyl sites for hydroxylation is 2. The molecular formula is C15H13ClN6O. The summed E-state index contributed by atoms with van der Waals surface area (Å²) in [5.74, 6) is -0.119. The molecule has 23 heavy (non-hydrogen) atoms. The first-order valence-corrected chi connectivity index (χ1v) is 7.21. The molecule has 116 valence electrons. The molecule has 7 nitrogen and oxygen atoms in total. The Hall–Kier alpha value is -2.80. The van der Waals surface area contributed by atoms with E-state index in [0.717, 1.165) is 17.0 Å². The minimum Gasteiger partial charge on any atom is -0.264 e. The summed E-state index contributed by atoms with van der Waals surface area (Å²) < 4.78 is 1.52. The Morgan fingerprint density at radius 3 is 2.91 bits per heavy atom. The van der Waals surface area contributed by atoms with Crippen LogP contribution in [-0.4, -0.2) is 31.7 Å². The Morgan fingerprint density at radius 2 is 2.13 bits per heavy atom. The number of hydrogen-bond acceptors (Lipinski definition) is 5. The number of nitrogens with one attached hydrogen (secondary N) is 1. The van der Waals surface area contributed by atoms with Gasteiger partial charge in [0.25, 0.3) is 5.78 Å². The molecule has 0 saturated heterocycles. The Morgan fingerprint density at radius 1 is 1.30 bits per heavy atom. The van der Waals surface area contributed by atoms with Gasteiger partial charge in [-0.1, -0.05) is 23.7 Å². The maximum atomic E-state index is 12.1. The highest BCUT2D eigenvalue weighted by Crippen LogP contribution is 2.09. The molecule has 0 spiro atoms. The first kappa shape index (κ1) is 15.1. The van der Waals surface area contributed by atoms with Gasteiger partial charge in [0.05, 0.1) is 6.21 Å². The zero-order valence-electron chi connectivity index (χ0n) is 12.5. The summed E-state index contributed by atoms with van der Waals surface area (Å²) in [6.07, 6.45) is 1.49. The molecule has 0 aliphatic heterocycles. The van der Waals surface area contributed by atoms with Crippen molar-refractivity contribution in [1.29, 1.82) is 0 Å². The van der Waals surface area contributed by atoms with E-state index < -0.39 is 5.91 Å². The zero-order chi connectivity index (χ0) is 16.4. The predicted molar refractivity (Wildman–Crippen MR) is 86.8 cm³/mol. The van der Waals surface area contributed by atoms with E-state index in [-0.39, 0.29) is 5.82 Å². The second-order valence-corrected chi connectivity index (χ2v) is 5.38. The van der Waals surface area contributed by atoms with Crippen molar-refractivity contribution in [3.8, 4) is 0 Å². The second-order valence-electron chi connectivity index (χ2n) is 4.94. The monoisotopic (exact) mass is 328 g/mol. The van der Waals surface area contributed by atoms with E-state index in [4.69, 9.17) is 11.6 Å². The molecule has 1 N–H and O–H groups in total. The van der Waals surface area contributed by atoms with Crippen LogP contribution >= 0.6 is 11.6 Å². The normalized spacial score (nSPS) is 11.3. The average molecular weight is 329 g/mol. The lowest BCUT2D eigenvalue weighted by atomic mass is 10.2. The molecule has 1 aromatic carbocycles. The molecule has 1 amide bonds. The lowest BCUT2D eigenvalue weighted by Gasteiger charge is -1.97. The number of amides is 1. The van der Waals surface area contributed by atoms with E-state index in [1.807, 2.05) is 26.0 Å². The topological polar surface area (TPSA) is 84.5 Å². The van der Waals surface area contributed by atoms with Gasteiger partial charge < -0.3 is 0 Å². The average Bonchev–Trinajstić information content (AvgIpc) is 2.91. The maximum Gasteiger partial charge on any atom is 0.311 e. The van der Waals surface area contributed by atoms with Crippen molar-refractivity contribution in [3.63, 3.8) is 0 Å². The van der Waals surface area contributed by atoms with Crippen LogP contribution in [0.5, 0.6) is 0 Å². The lowest BCUT2D eigenvalue weighted by Crippen LogP contribution is -2.19. The largest absolute Gasteiger partial charge is 0.311 e. The molecule has 0 fully saturated rings. The number of benzene rings is 1. The summed E-state index contributed by atoms with van der Waals surface area (Å²) in [5, 5.41) is 8.60. The standard InChI is InChI=1S/C15H13ClN6O/c1-9-6-10(2)22-15(18-9)19-13(21-22)14(23)20-17-8-11-4-3-5-12(16)7-11/h3-8H,1-2H3,(H,20,23)/b17-8+. The minimum atomic E-state index is -0.508. The van der Waals surface area contributed by atoms with Crippen molar-refractivity contribution in [2.75, 3.05) is 0 Å². The number of carbonyl (C=O) groups excluding carboxylic acids is 1. The number of carbonyl (C=O) groups is 1. The predicted octanol–water partition coefficient (Wildman–Crippen LogP) is 2.16.